The van der Waals surface area contributed by atoms with E-state index < -0.39 is 48.3 Å². The van der Waals surface area contributed by atoms with E-state index in [1.54, 1.807) is 44.6 Å². The molecule has 2 N–H and O–H groups in total. The van der Waals surface area contributed by atoms with E-state index in [0.29, 0.717) is 73.0 Å². The minimum atomic E-state index is -1.34. The molecule has 17 nitrogen and oxygen atoms in total. The Kier molecular flexibility index (Phi) is 15.6. The number of aliphatic hydroxyl groups excluding tert-OH is 2. The Bertz CT molecular complexity index is 1840. The molecule has 4 heterocycles. The number of carbonyl (C=O) groups is 2. The standard InChI is InChI=1S/C44H62N4O13/c1-8-21-60-41(51)47-35-25-30(17-18-31(35)43(54-4,55-5)28-45-19-12-10-15-33(45)39(47)49)58-23-14-24-59-38-27-36-32(26-37(38)53-3)44(56-6,57-7)29-46-20-13-11-16-34(46)40(50)48(36)42(52)61-22-9-2/h8-9,17-18,25-27,33-34,39-40,49-50H,1-2,10-16,19-24,28-29H2,3-7H3/t33-,34-,39-,40-/m0/s1. The van der Waals surface area contributed by atoms with Gasteiger partial charge in [-0.1, -0.05) is 38.2 Å². The van der Waals surface area contributed by atoms with Gasteiger partial charge in [0.25, 0.3) is 0 Å². The number of ether oxygens (including phenoxy) is 9. The Morgan fingerprint density at radius 1 is 0.689 bits per heavy atom. The van der Waals surface area contributed by atoms with E-state index >= 15 is 0 Å². The van der Waals surface area contributed by atoms with E-state index in [-0.39, 0.29) is 38.7 Å². The third-order valence-corrected chi connectivity index (χ3v) is 12.1. The molecule has 4 atom stereocenters. The predicted molar refractivity (Wildman–Crippen MR) is 225 cm³/mol. The number of anilines is 2. The lowest BCUT2D eigenvalue weighted by Gasteiger charge is -2.48. The third-order valence-electron chi connectivity index (χ3n) is 12.1. The van der Waals surface area contributed by atoms with Crippen molar-refractivity contribution in [1.82, 2.24) is 9.80 Å². The molecule has 336 valence electrons. The van der Waals surface area contributed by atoms with E-state index in [4.69, 9.17) is 42.6 Å². The number of hydrogen-bond donors (Lipinski definition) is 2. The summed E-state index contributed by atoms with van der Waals surface area (Å²) in [6, 6.07) is 7.72. The average Bonchev–Trinajstić information content (AvgIpc) is 3.28. The molecular formula is C44H62N4O13. The molecule has 61 heavy (non-hydrogen) atoms. The number of methoxy groups -OCH3 is 5. The largest absolute Gasteiger partial charge is 0.493 e. The van der Waals surface area contributed by atoms with Gasteiger partial charge in [-0.25, -0.2) is 19.4 Å². The maximum atomic E-state index is 13.8. The van der Waals surface area contributed by atoms with Crippen molar-refractivity contribution in [2.75, 3.05) is 98.0 Å². The second-order valence-electron chi connectivity index (χ2n) is 15.4. The number of hydrogen-bond acceptors (Lipinski definition) is 15. The topological polar surface area (TPSA) is 171 Å². The maximum absolute atomic E-state index is 13.8. The van der Waals surface area contributed by atoms with Crippen LogP contribution >= 0.6 is 0 Å². The molecule has 2 saturated heterocycles. The van der Waals surface area contributed by atoms with Crippen molar-refractivity contribution < 1.29 is 62.4 Å². The molecule has 2 amide bonds. The van der Waals surface area contributed by atoms with Gasteiger partial charge in [-0.15, -0.1) is 0 Å². The van der Waals surface area contributed by atoms with Crippen LogP contribution in [0.5, 0.6) is 17.2 Å². The van der Waals surface area contributed by atoms with Crippen LogP contribution in [0.4, 0.5) is 21.0 Å². The summed E-state index contributed by atoms with van der Waals surface area (Å²) in [6.45, 7) is 9.57. The van der Waals surface area contributed by atoms with Crippen molar-refractivity contribution in [3.8, 4) is 17.2 Å². The lowest BCUT2D eigenvalue weighted by atomic mass is 9.92. The Hall–Kier alpha value is -4.46. The quantitative estimate of drug-likeness (QED) is 0.138. The van der Waals surface area contributed by atoms with E-state index in [2.05, 4.69) is 23.0 Å². The summed E-state index contributed by atoms with van der Waals surface area (Å²) in [6.07, 6.45) is 4.23. The van der Waals surface area contributed by atoms with Crippen LogP contribution in [0, 0.1) is 0 Å². The van der Waals surface area contributed by atoms with Crippen LogP contribution in [0.15, 0.2) is 55.6 Å². The highest BCUT2D eigenvalue weighted by molar-refractivity contribution is 5.91. The number of carbonyl (C=O) groups excluding carboxylic acids is 2. The maximum Gasteiger partial charge on any atom is 0.416 e. The molecule has 0 spiro atoms. The Morgan fingerprint density at radius 3 is 1.70 bits per heavy atom. The Balaban J connectivity index is 1.26. The summed E-state index contributed by atoms with van der Waals surface area (Å²) >= 11 is 0. The van der Waals surface area contributed by atoms with Gasteiger partial charge in [-0.3, -0.25) is 9.80 Å². The molecular weight excluding hydrogens is 792 g/mol. The second-order valence-corrected chi connectivity index (χ2v) is 15.4. The summed E-state index contributed by atoms with van der Waals surface area (Å²) in [5, 5.41) is 23.8. The molecule has 4 aliphatic heterocycles. The van der Waals surface area contributed by atoms with Gasteiger partial charge in [0.1, 0.15) is 19.0 Å². The fourth-order valence-electron chi connectivity index (χ4n) is 8.99. The predicted octanol–water partition coefficient (Wildman–Crippen LogP) is 5.07. The van der Waals surface area contributed by atoms with Crippen molar-refractivity contribution in [3.05, 3.63) is 66.8 Å². The number of amides is 2. The van der Waals surface area contributed by atoms with Crippen LogP contribution in [0.3, 0.4) is 0 Å². The van der Waals surface area contributed by atoms with E-state index in [9.17, 15) is 19.8 Å². The first-order valence-electron chi connectivity index (χ1n) is 20.9. The molecule has 0 aliphatic carbocycles. The summed E-state index contributed by atoms with van der Waals surface area (Å²) < 4.78 is 53.7. The third kappa shape index (κ3) is 9.34. The average molecular weight is 855 g/mol. The first-order chi connectivity index (χ1) is 29.5. The summed E-state index contributed by atoms with van der Waals surface area (Å²) in [7, 11) is 7.70. The van der Waals surface area contributed by atoms with Gasteiger partial charge >= 0.3 is 12.2 Å². The minimum absolute atomic E-state index is 0.0482. The monoisotopic (exact) mass is 854 g/mol. The Labute approximate surface area is 358 Å². The number of fused-ring (bicyclic) bond motifs is 4. The fourth-order valence-corrected chi connectivity index (χ4v) is 8.99. The number of nitrogens with zero attached hydrogens (tertiary/aromatic N) is 4. The van der Waals surface area contributed by atoms with E-state index in [1.807, 2.05) is 0 Å². The van der Waals surface area contributed by atoms with Crippen molar-refractivity contribution in [3.63, 3.8) is 0 Å². The minimum Gasteiger partial charge on any atom is -0.493 e. The molecule has 0 radical (unpaired) electrons. The fraction of sp³-hybridized carbons (Fsp3) is 0.591. The molecule has 2 fully saturated rings. The normalized spacial score (nSPS) is 23.6. The van der Waals surface area contributed by atoms with Crippen LogP contribution in [0.2, 0.25) is 0 Å². The van der Waals surface area contributed by atoms with Crippen molar-refractivity contribution in [2.24, 2.45) is 0 Å². The lowest BCUT2D eigenvalue weighted by molar-refractivity contribution is -0.233. The zero-order valence-corrected chi connectivity index (χ0v) is 36.0. The van der Waals surface area contributed by atoms with Crippen LogP contribution in [0.1, 0.15) is 56.1 Å². The van der Waals surface area contributed by atoms with Crippen molar-refractivity contribution in [1.29, 1.82) is 0 Å². The highest BCUT2D eigenvalue weighted by Gasteiger charge is 2.49. The van der Waals surface area contributed by atoms with E-state index in [0.717, 1.165) is 25.7 Å². The SMILES string of the molecule is C=CCOC(=O)N1c2cc(OCCCOc3cc4c(cc3OC)C(OC)(OC)CN3CCCC[C@H]3[C@H](O)N4C(=O)OCC=C)ccc2C(OC)(OC)CN2CCCC[C@H]2[C@@H]1O. The van der Waals surface area contributed by atoms with Crippen LogP contribution in [-0.4, -0.2) is 145 Å². The van der Waals surface area contributed by atoms with Gasteiger partial charge < -0.3 is 52.8 Å². The highest BCUT2D eigenvalue weighted by Crippen LogP contribution is 2.46. The Morgan fingerprint density at radius 2 is 1.20 bits per heavy atom. The van der Waals surface area contributed by atoms with Crippen LogP contribution in [0.25, 0.3) is 0 Å². The molecule has 6 rings (SSSR count). The van der Waals surface area contributed by atoms with E-state index in [1.165, 1.54) is 43.3 Å². The van der Waals surface area contributed by atoms with Crippen LogP contribution < -0.4 is 24.0 Å². The number of piperidine rings is 2. The molecule has 2 aromatic carbocycles. The van der Waals surface area contributed by atoms with Crippen molar-refractivity contribution >= 4 is 23.6 Å². The first kappa shape index (κ1) is 46.1. The van der Waals surface area contributed by atoms with Gasteiger partial charge in [0.2, 0.25) is 11.6 Å². The smallest absolute Gasteiger partial charge is 0.416 e. The summed E-state index contributed by atoms with van der Waals surface area (Å²) in [5.74, 6) is -1.54. The van der Waals surface area contributed by atoms with Crippen molar-refractivity contribution in [2.45, 2.75) is 81.1 Å². The van der Waals surface area contributed by atoms with Crippen LogP contribution in [-0.2, 0) is 40.0 Å². The zero-order valence-electron chi connectivity index (χ0n) is 36.0. The summed E-state index contributed by atoms with van der Waals surface area (Å²) in [5.41, 5.74) is 1.57. The molecule has 0 aromatic heterocycles. The lowest BCUT2D eigenvalue weighted by Crippen LogP contribution is -2.61. The summed E-state index contributed by atoms with van der Waals surface area (Å²) in [4.78, 5) is 34.1. The zero-order chi connectivity index (χ0) is 43.7. The molecule has 17 heteroatoms. The van der Waals surface area contributed by atoms with Gasteiger partial charge in [0.15, 0.2) is 24.0 Å². The number of aliphatic hydroxyl groups is 2. The molecule has 0 saturated carbocycles. The molecule has 4 aliphatic rings. The molecule has 0 unspecified atom stereocenters. The van der Waals surface area contributed by atoms with Gasteiger partial charge in [-0.05, 0) is 57.0 Å². The number of benzene rings is 2. The van der Waals surface area contributed by atoms with Gasteiger partial charge in [0, 0.05) is 58.1 Å². The van der Waals surface area contributed by atoms with Gasteiger partial charge in [-0.2, -0.15) is 0 Å². The first-order valence-corrected chi connectivity index (χ1v) is 20.9. The number of rotatable bonds is 15. The highest BCUT2D eigenvalue weighted by atomic mass is 16.7. The van der Waals surface area contributed by atoms with Gasteiger partial charge in [0.05, 0.1) is 56.9 Å². The molecule has 2 aromatic rings. The second kappa shape index (κ2) is 20.6. The molecule has 0 bridgehead atoms.